The summed E-state index contributed by atoms with van der Waals surface area (Å²) in [7, 11) is 0. The fourth-order valence-corrected chi connectivity index (χ4v) is 3.38. The van der Waals surface area contributed by atoms with Crippen LogP contribution in [0.2, 0.25) is 0 Å². The van der Waals surface area contributed by atoms with Gasteiger partial charge in [0.15, 0.2) is 6.10 Å². The van der Waals surface area contributed by atoms with Crippen LogP contribution in [0.1, 0.15) is 50.8 Å². The van der Waals surface area contributed by atoms with Crippen molar-refractivity contribution in [1.82, 2.24) is 10.1 Å². The van der Waals surface area contributed by atoms with Crippen LogP contribution in [0, 0.1) is 6.92 Å². The number of aromatic amines is 1. The lowest BCUT2D eigenvalue weighted by Crippen LogP contribution is -2.20. The van der Waals surface area contributed by atoms with Gasteiger partial charge in [-0.1, -0.05) is 60.6 Å². The van der Waals surface area contributed by atoms with Crippen LogP contribution in [0.3, 0.4) is 0 Å². The van der Waals surface area contributed by atoms with Gasteiger partial charge < -0.3 is 14.2 Å². The highest BCUT2D eigenvalue weighted by Gasteiger charge is 2.30. The second kappa shape index (κ2) is 7.75. The molecule has 146 valence electrons. The second-order valence-electron chi connectivity index (χ2n) is 6.79. The molecule has 0 unspecified atom stereocenters. The third kappa shape index (κ3) is 3.57. The summed E-state index contributed by atoms with van der Waals surface area (Å²) < 4.78 is 10.6. The van der Waals surface area contributed by atoms with Gasteiger partial charge in [-0.15, -0.1) is 0 Å². The Bertz CT molecular complexity index is 1170. The van der Waals surface area contributed by atoms with E-state index in [1.54, 1.807) is 37.4 Å². The Morgan fingerprint density at radius 1 is 1.14 bits per heavy atom. The number of fused-ring (bicyclic) bond motifs is 1. The minimum absolute atomic E-state index is 0.0385. The van der Waals surface area contributed by atoms with Gasteiger partial charge in [0.25, 0.3) is 0 Å². The van der Waals surface area contributed by atoms with Gasteiger partial charge in [-0.3, -0.25) is 4.79 Å². The van der Waals surface area contributed by atoms with Crippen LogP contribution in [-0.4, -0.2) is 21.9 Å². The van der Waals surface area contributed by atoms with Crippen LogP contribution in [0.25, 0.3) is 10.9 Å². The van der Waals surface area contributed by atoms with E-state index >= 15 is 0 Å². The number of aryl methyl sites for hydroxylation is 2. The molecule has 6 heteroatoms. The van der Waals surface area contributed by atoms with Gasteiger partial charge in [-0.25, -0.2) is 4.79 Å². The van der Waals surface area contributed by atoms with E-state index in [1.165, 1.54) is 6.07 Å². The summed E-state index contributed by atoms with van der Waals surface area (Å²) in [5, 5.41) is 4.51. The molecule has 0 aliphatic rings. The van der Waals surface area contributed by atoms with Crippen LogP contribution >= 0.6 is 0 Å². The van der Waals surface area contributed by atoms with Crippen molar-refractivity contribution < 1.29 is 18.8 Å². The van der Waals surface area contributed by atoms with E-state index in [9.17, 15) is 9.59 Å². The van der Waals surface area contributed by atoms with Gasteiger partial charge in [0.1, 0.15) is 0 Å². The van der Waals surface area contributed by atoms with Crippen LogP contribution in [-0.2, 0) is 11.2 Å². The predicted octanol–water partition coefficient (Wildman–Crippen LogP) is 4.81. The number of carbonyl (C=O) groups is 2. The summed E-state index contributed by atoms with van der Waals surface area (Å²) in [6.45, 7) is 3.77. The lowest BCUT2D eigenvalue weighted by Gasteiger charge is -2.16. The van der Waals surface area contributed by atoms with Gasteiger partial charge >= 0.3 is 5.97 Å². The van der Waals surface area contributed by atoms with Crippen molar-refractivity contribution >= 4 is 22.7 Å². The lowest BCUT2D eigenvalue weighted by atomic mass is 9.98. The molecule has 1 atom stereocenters. The first-order chi connectivity index (χ1) is 14.1. The van der Waals surface area contributed by atoms with Gasteiger partial charge in [-0.2, -0.15) is 0 Å². The Kier molecular flexibility index (Phi) is 4.99. The number of carbonyl (C=O) groups excluding carboxylic acids is 2. The summed E-state index contributed by atoms with van der Waals surface area (Å²) in [4.78, 5) is 29.2. The molecule has 0 saturated carbocycles. The molecule has 0 bridgehead atoms. The average molecular weight is 388 g/mol. The molecular formula is C23H20N2O4. The normalized spacial score (nSPS) is 12.1. The number of nitrogens with zero attached hydrogens (tertiary/aromatic N) is 1. The van der Waals surface area contributed by atoms with E-state index in [0.717, 1.165) is 22.9 Å². The first-order valence-corrected chi connectivity index (χ1v) is 9.41. The number of Topliss-reactive ketones (excluding diaryl/α,β-unsaturated/α-hetero) is 1. The van der Waals surface area contributed by atoms with E-state index in [4.69, 9.17) is 9.26 Å². The summed E-state index contributed by atoms with van der Waals surface area (Å²) in [5.41, 5.74) is 3.66. The first kappa shape index (κ1) is 18.7. The van der Waals surface area contributed by atoms with Crippen LogP contribution < -0.4 is 0 Å². The Balaban J connectivity index is 1.73. The van der Waals surface area contributed by atoms with Crippen molar-refractivity contribution in [3.8, 4) is 0 Å². The van der Waals surface area contributed by atoms with E-state index in [-0.39, 0.29) is 11.5 Å². The van der Waals surface area contributed by atoms with Crippen molar-refractivity contribution in [1.29, 1.82) is 0 Å². The molecule has 0 amide bonds. The smallest absolute Gasteiger partial charge is 0.378 e. The Morgan fingerprint density at radius 2 is 1.93 bits per heavy atom. The van der Waals surface area contributed by atoms with Gasteiger partial charge in [-0.05, 0) is 18.9 Å². The van der Waals surface area contributed by atoms with Crippen molar-refractivity contribution in [3.63, 3.8) is 0 Å². The maximum atomic E-state index is 13.4. The average Bonchev–Trinajstić information content (AvgIpc) is 3.38. The number of nitrogens with one attached hydrogen (secondary N) is 1. The summed E-state index contributed by atoms with van der Waals surface area (Å²) in [6, 6.07) is 16.3. The third-order valence-electron chi connectivity index (χ3n) is 4.84. The summed E-state index contributed by atoms with van der Waals surface area (Å²) >= 11 is 0. The number of ketones is 1. The number of esters is 1. The summed E-state index contributed by atoms with van der Waals surface area (Å²) in [6.07, 6.45) is 1.42. The molecule has 0 aliphatic heterocycles. The number of H-pyrrole nitrogens is 1. The van der Waals surface area contributed by atoms with Gasteiger partial charge in [0.2, 0.25) is 11.5 Å². The number of hydrogen-bond acceptors (Lipinski definition) is 5. The zero-order chi connectivity index (χ0) is 20.4. The molecule has 29 heavy (non-hydrogen) atoms. The molecule has 0 aliphatic carbocycles. The molecule has 2 heterocycles. The Hall–Kier alpha value is -3.67. The van der Waals surface area contributed by atoms with Crippen LogP contribution in [0.4, 0.5) is 0 Å². The van der Waals surface area contributed by atoms with Crippen molar-refractivity contribution in [2.75, 3.05) is 0 Å². The van der Waals surface area contributed by atoms with Crippen LogP contribution in [0.5, 0.6) is 0 Å². The van der Waals surface area contributed by atoms with Gasteiger partial charge in [0, 0.05) is 34.3 Å². The standard InChI is InChI=1S/C23H20N2O4/c1-3-15-10-7-11-17-18(13-24-20(15)17)21(26)22(16-8-5-4-6-9-16)28-23(27)19-12-14(2)25-29-19/h4-13,22,24H,3H2,1-2H3/t22-/m1/s1. The Labute approximate surface area is 167 Å². The SMILES string of the molecule is CCc1cccc2c(C(=O)[C@H](OC(=O)c3cc(C)no3)c3ccccc3)c[nH]c12. The Morgan fingerprint density at radius 3 is 2.62 bits per heavy atom. The fourth-order valence-electron chi connectivity index (χ4n) is 3.38. The highest BCUT2D eigenvalue weighted by molar-refractivity contribution is 6.11. The maximum absolute atomic E-state index is 13.4. The highest BCUT2D eigenvalue weighted by Crippen LogP contribution is 2.29. The molecule has 4 rings (SSSR count). The number of aromatic nitrogens is 2. The predicted molar refractivity (Wildman–Crippen MR) is 108 cm³/mol. The molecular weight excluding hydrogens is 368 g/mol. The molecule has 0 radical (unpaired) electrons. The monoisotopic (exact) mass is 388 g/mol. The molecule has 0 spiro atoms. The van der Waals surface area contributed by atoms with Crippen LogP contribution in [0.15, 0.2) is 65.3 Å². The summed E-state index contributed by atoms with van der Waals surface area (Å²) in [5.74, 6) is -1.08. The largest absolute Gasteiger partial charge is 0.443 e. The topological polar surface area (TPSA) is 85.2 Å². The first-order valence-electron chi connectivity index (χ1n) is 9.41. The molecule has 6 nitrogen and oxygen atoms in total. The molecule has 2 aromatic carbocycles. The van der Waals surface area contributed by atoms with E-state index in [1.807, 2.05) is 24.3 Å². The maximum Gasteiger partial charge on any atom is 0.378 e. The molecule has 1 N–H and O–H groups in total. The number of hydrogen-bond donors (Lipinski definition) is 1. The molecule has 0 fully saturated rings. The minimum Gasteiger partial charge on any atom is -0.443 e. The van der Waals surface area contributed by atoms with Gasteiger partial charge in [0.05, 0.1) is 5.69 Å². The van der Waals surface area contributed by atoms with Crippen molar-refractivity contribution in [2.24, 2.45) is 0 Å². The zero-order valence-electron chi connectivity index (χ0n) is 16.1. The number of rotatable bonds is 6. The molecule has 0 saturated heterocycles. The molecule has 2 aromatic heterocycles. The third-order valence-corrected chi connectivity index (χ3v) is 4.84. The second-order valence-corrected chi connectivity index (χ2v) is 6.79. The number of para-hydroxylation sites is 1. The van der Waals surface area contributed by atoms with E-state index in [0.29, 0.717) is 16.8 Å². The van der Waals surface area contributed by atoms with Crippen molar-refractivity contribution in [3.05, 3.63) is 88.9 Å². The highest BCUT2D eigenvalue weighted by atomic mass is 16.6. The quantitative estimate of drug-likeness (QED) is 0.378. The number of ether oxygens (including phenoxy) is 1. The minimum atomic E-state index is -1.10. The number of benzene rings is 2. The lowest BCUT2D eigenvalue weighted by molar-refractivity contribution is 0.0243. The van der Waals surface area contributed by atoms with E-state index in [2.05, 4.69) is 17.1 Å². The molecule has 4 aromatic rings. The fraction of sp³-hybridized carbons (Fsp3) is 0.174. The van der Waals surface area contributed by atoms with Crippen molar-refractivity contribution in [2.45, 2.75) is 26.4 Å². The zero-order valence-corrected chi connectivity index (χ0v) is 16.1. The van der Waals surface area contributed by atoms with E-state index < -0.39 is 12.1 Å².